The smallest absolute Gasteiger partial charge is 0.302 e. The molecule has 2 heterocycles. The van der Waals surface area contributed by atoms with Crippen molar-refractivity contribution in [1.82, 2.24) is 20.3 Å². The monoisotopic (exact) mass is 397 g/mol. The number of carbonyl (C=O) groups excluding carboxylic acids is 2. The minimum atomic E-state index is -0.541. The van der Waals surface area contributed by atoms with E-state index in [4.69, 9.17) is 13.9 Å². The summed E-state index contributed by atoms with van der Waals surface area (Å²) in [6.07, 6.45) is 5.90. The Morgan fingerprint density at radius 2 is 1.90 bits per heavy atom. The Balaban J connectivity index is 1.52. The van der Waals surface area contributed by atoms with E-state index in [9.17, 15) is 9.59 Å². The largest absolute Gasteiger partial charge is 0.493 e. The maximum atomic E-state index is 12.2. The van der Waals surface area contributed by atoms with Gasteiger partial charge in [0.2, 0.25) is 0 Å². The molecule has 2 N–H and O–H groups in total. The Labute approximate surface area is 166 Å². The van der Waals surface area contributed by atoms with E-state index in [1.807, 2.05) is 12.1 Å². The highest BCUT2D eigenvalue weighted by Gasteiger charge is 2.15. The fourth-order valence-corrected chi connectivity index (χ4v) is 2.46. The third kappa shape index (κ3) is 5.06. The van der Waals surface area contributed by atoms with Gasteiger partial charge >= 0.3 is 6.01 Å². The van der Waals surface area contributed by atoms with Crippen LogP contribution in [0.25, 0.3) is 0 Å². The average molecular weight is 397 g/mol. The van der Waals surface area contributed by atoms with Crippen molar-refractivity contribution in [2.75, 3.05) is 26.1 Å². The van der Waals surface area contributed by atoms with Gasteiger partial charge < -0.3 is 19.2 Å². The molecule has 29 heavy (non-hydrogen) atoms. The minimum absolute atomic E-state index is 0.0479. The van der Waals surface area contributed by atoms with Crippen molar-refractivity contribution in [2.24, 2.45) is 0 Å². The fourth-order valence-electron chi connectivity index (χ4n) is 2.46. The summed E-state index contributed by atoms with van der Waals surface area (Å²) in [5, 5.41) is 5.16. The van der Waals surface area contributed by atoms with Crippen molar-refractivity contribution in [3.63, 3.8) is 0 Å². The highest BCUT2D eigenvalue weighted by Crippen LogP contribution is 2.27. The van der Waals surface area contributed by atoms with Crippen LogP contribution in [0.5, 0.6) is 11.5 Å². The van der Waals surface area contributed by atoms with Crippen LogP contribution < -0.4 is 20.1 Å². The van der Waals surface area contributed by atoms with Crippen molar-refractivity contribution in [3.8, 4) is 11.5 Å². The van der Waals surface area contributed by atoms with Crippen LogP contribution in [0.3, 0.4) is 0 Å². The van der Waals surface area contributed by atoms with Gasteiger partial charge in [-0.2, -0.15) is 4.98 Å². The van der Waals surface area contributed by atoms with Crippen LogP contribution in [0.1, 0.15) is 26.5 Å². The normalized spacial score (nSPS) is 10.3. The van der Waals surface area contributed by atoms with E-state index in [1.54, 1.807) is 20.3 Å². The van der Waals surface area contributed by atoms with Crippen molar-refractivity contribution < 1.29 is 23.5 Å². The van der Waals surface area contributed by atoms with E-state index in [2.05, 4.69) is 25.6 Å². The predicted molar refractivity (Wildman–Crippen MR) is 102 cm³/mol. The van der Waals surface area contributed by atoms with E-state index in [0.29, 0.717) is 24.5 Å². The molecular formula is C19H19N5O5. The molecule has 0 aliphatic heterocycles. The number of hydrogen-bond donors (Lipinski definition) is 2. The van der Waals surface area contributed by atoms with Gasteiger partial charge in [0, 0.05) is 18.9 Å². The van der Waals surface area contributed by atoms with Gasteiger partial charge in [-0.1, -0.05) is 6.07 Å². The van der Waals surface area contributed by atoms with Crippen molar-refractivity contribution in [2.45, 2.75) is 6.42 Å². The summed E-state index contributed by atoms with van der Waals surface area (Å²) in [4.78, 5) is 35.8. The topological polar surface area (TPSA) is 128 Å². The molecule has 0 aliphatic carbocycles. The van der Waals surface area contributed by atoms with Crippen molar-refractivity contribution in [1.29, 1.82) is 0 Å². The van der Waals surface area contributed by atoms with Crippen LogP contribution in [-0.2, 0) is 6.42 Å². The van der Waals surface area contributed by atoms with Gasteiger partial charge in [0.05, 0.1) is 20.4 Å². The third-order valence-electron chi connectivity index (χ3n) is 3.90. The van der Waals surface area contributed by atoms with Crippen LogP contribution >= 0.6 is 0 Å². The second-order valence-corrected chi connectivity index (χ2v) is 5.78. The summed E-state index contributed by atoms with van der Waals surface area (Å²) < 4.78 is 15.6. The molecule has 0 radical (unpaired) electrons. The summed E-state index contributed by atoms with van der Waals surface area (Å²) in [5.41, 5.74) is 1.12. The molecule has 0 bridgehead atoms. The lowest BCUT2D eigenvalue weighted by atomic mass is 10.1. The molecule has 150 valence electrons. The second-order valence-electron chi connectivity index (χ2n) is 5.78. The Bertz CT molecular complexity index is 990. The molecule has 0 atom stereocenters. The number of aromatic nitrogens is 3. The fraction of sp³-hybridized carbons (Fsp3) is 0.211. The standard InChI is InChI=1S/C19H19N5O5/c1-27-15-4-3-12(9-16(15)28-2)5-6-22-17(25)14-11-29-19(23-14)24-18(26)13-10-20-7-8-21-13/h3-4,7-11H,5-6H2,1-2H3,(H,22,25)(H,23,24,26). The maximum absolute atomic E-state index is 12.2. The number of nitrogens with zero attached hydrogens (tertiary/aromatic N) is 3. The van der Waals surface area contributed by atoms with Crippen LogP contribution in [0.4, 0.5) is 6.01 Å². The zero-order valence-electron chi connectivity index (χ0n) is 15.8. The number of amides is 2. The lowest BCUT2D eigenvalue weighted by molar-refractivity contribution is 0.0947. The van der Waals surface area contributed by atoms with Gasteiger partial charge in [0.15, 0.2) is 17.2 Å². The number of nitrogens with one attached hydrogen (secondary N) is 2. The summed E-state index contributed by atoms with van der Waals surface area (Å²) in [6.45, 7) is 0.377. The highest BCUT2D eigenvalue weighted by molar-refractivity contribution is 6.01. The average Bonchev–Trinajstić information content (AvgIpc) is 3.22. The first kappa shape index (κ1) is 19.8. The van der Waals surface area contributed by atoms with Gasteiger partial charge in [0.25, 0.3) is 11.8 Å². The Kier molecular flexibility index (Phi) is 6.36. The van der Waals surface area contributed by atoms with Crippen LogP contribution in [0.2, 0.25) is 0 Å². The number of ether oxygens (including phenoxy) is 2. The number of rotatable bonds is 8. The summed E-state index contributed by atoms with van der Waals surface area (Å²) in [6, 6.07) is 5.44. The number of methoxy groups -OCH3 is 2. The van der Waals surface area contributed by atoms with E-state index in [-0.39, 0.29) is 17.4 Å². The second kappa shape index (κ2) is 9.31. The van der Waals surface area contributed by atoms with Gasteiger partial charge in [0.1, 0.15) is 12.0 Å². The third-order valence-corrected chi connectivity index (χ3v) is 3.90. The van der Waals surface area contributed by atoms with Crippen LogP contribution in [0.15, 0.2) is 47.5 Å². The van der Waals surface area contributed by atoms with Crippen molar-refractivity contribution >= 4 is 17.8 Å². The maximum Gasteiger partial charge on any atom is 0.302 e. The summed E-state index contributed by atoms with van der Waals surface area (Å²) in [7, 11) is 3.13. The summed E-state index contributed by atoms with van der Waals surface area (Å²) >= 11 is 0. The molecule has 10 nitrogen and oxygen atoms in total. The first-order chi connectivity index (χ1) is 14.1. The Morgan fingerprint density at radius 3 is 2.62 bits per heavy atom. The molecule has 2 aromatic heterocycles. The predicted octanol–water partition coefficient (Wildman–Crippen LogP) is 1.71. The molecule has 0 unspecified atom stereocenters. The van der Waals surface area contributed by atoms with Crippen LogP contribution in [0, 0.1) is 0 Å². The molecule has 0 saturated carbocycles. The first-order valence-corrected chi connectivity index (χ1v) is 8.62. The molecule has 3 rings (SSSR count). The molecule has 0 spiro atoms. The van der Waals surface area contributed by atoms with E-state index in [0.717, 1.165) is 11.8 Å². The zero-order valence-corrected chi connectivity index (χ0v) is 15.8. The lowest BCUT2D eigenvalue weighted by Crippen LogP contribution is -2.26. The van der Waals surface area contributed by atoms with Gasteiger partial charge in [-0.15, -0.1) is 0 Å². The van der Waals surface area contributed by atoms with Crippen molar-refractivity contribution in [3.05, 3.63) is 60.0 Å². The molecule has 3 aromatic rings. The quantitative estimate of drug-likeness (QED) is 0.588. The molecule has 0 fully saturated rings. The number of oxazole rings is 1. The molecule has 1 aromatic carbocycles. The number of carbonyl (C=O) groups is 2. The number of hydrogen-bond acceptors (Lipinski definition) is 8. The van der Waals surface area contributed by atoms with Gasteiger partial charge in [-0.25, -0.2) is 4.98 Å². The first-order valence-electron chi connectivity index (χ1n) is 8.62. The van der Waals surface area contributed by atoms with Crippen LogP contribution in [-0.4, -0.2) is 47.5 Å². The SMILES string of the molecule is COc1ccc(CCNC(=O)c2coc(NC(=O)c3cnccn3)n2)cc1OC. The minimum Gasteiger partial charge on any atom is -0.493 e. The molecule has 0 aliphatic rings. The van der Waals surface area contributed by atoms with Gasteiger partial charge in [-0.05, 0) is 24.1 Å². The lowest BCUT2D eigenvalue weighted by Gasteiger charge is -2.09. The van der Waals surface area contributed by atoms with Gasteiger partial charge in [-0.3, -0.25) is 19.9 Å². The van der Waals surface area contributed by atoms with E-state index in [1.165, 1.54) is 18.6 Å². The molecule has 10 heteroatoms. The highest BCUT2D eigenvalue weighted by atomic mass is 16.5. The molecule has 0 saturated heterocycles. The Hall–Kier alpha value is -3.95. The van der Waals surface area contributed by atoms with E-state index < -0.39 is 11.8 Å². The Morgan fingerprint density at radius 1 is 1.07 bits per heavy atom. The zero-order chi connectivity index (χ0) is 20.6. The number of anilines is 1. The van der Waals surface area contributed by atoms with E-state index >= 15 is 0 Å². The molecular weight excluding hydrogens is 378 g/mol. The molecule has 2 amide bonds. The number of benzene rings is 1. The summed E-state index contributed by atoms with van der Waals surface area (Å²) in [5.74, 6) is 0.296.